The van der Waals surface area contributed by atoms with Gasteiger partial charge in [0.1, 0.15) is 11.9 Å². The number of halogens is 1. The minimum absolute atomic E-state index is 0.0740. The summed E-state index contributed by atoms with van der Waals surface area (Å²) in [6, 6.07) is 7.74. The lowest BCUT2D eigenvalue weighted by Crippen LogP contribution is -2.38. The van der Waals surface area contributed by atoms with Gasteiger partial charge in [-0.25, -0.2) is 4.79 Å². The predicted molar refractivity (Wildman–Crippen MR) is 133 cm³/mol. The summed E-state index contributed by atoms with van der Waals surface area (Å²) in [5.74, 6) is 0.961. The summed E-state index contributed by atoms with van der Waals surface area (Å²) in [5, 5.41) is 12.8. The number of esters is 1. The smallest absolute Gasteiger partial charge is 0.340 e. The predicted octanol–water partition coefficient (Wildman–Crippen LogP) is 7.48. The van der Waals surface area contributed by atoms with Crippen molar-refractivity contribution in [3.05, 3.63) is 39.9 Å². The Hall–Kier alpha value is -1.59. The number of ether oxygens (including phenoxy) is 2. The van der Waals surface area contributed by atoms with E-state index in [4.69, 9.17) is 9.47 Å². The topological polar surface area (TPSA) is 55.8 Å². The van der Waals surface area contributed by atoms with Crippen LogP contribution < -0.4 is 0 Å². The number of phenols is 1. The first-order valence-electron chi connectivity index (χ1n) is 11.7. The van der Waals surface area contributed by atoms with E-state index < -0.39 is 17.7 Å². The Morgan fingerprint density at radius 1 is 1.19 bits per heavy atom. The number of aryl methyl sites for hydroxylation is 1. The van der Waals surface area contributed by atoms with Gasteiger partial charge in [0, 0.05) is 15.4 Å². The third kappa shape index (κ3) is 5.66. The molecule has 1 saturated carbocycles. The van der Waals surface area contributed by atoms with Gasteiger partial charge in [-0.3, -0.25) is 0 Å². The molecular weight excluding hydrogens is 468 g/mol. The van der Waals surface area contributed by atoms with Crippen LogP contribution in [0, 0.1) is 24.7 Å². The van der Waals surface area contributed by atoms with Crippen LogP contribution in [-0.2, 0) is 14.3 Å². The molecule has 4 atom stereocenters. The zero-order valence-electron chi connectivity index (χ0n) is 20.4. The van der Waals surface area contributed by atoms with Crippen molar-refractivity contribution in [3.63, 3.8) is 0 Å². The molecule has 2 aromatic rings. The van der Waals surface area contributed by atoms with Gasteiger partial charge in [-0.1, -0.05) is 55.3 Å². The number of hydrogen-bond donors (Lipinski definition) is 1. The molecular formula is C27H37BrO4. The highest BCUT2D eigenvalue weighted by Gasteiger charge is 2.38. The van der Waals surface area contributed by atoms with Crippen molar-refractivity contribution in [2.75, 3.05) is 0 Å². The number of aromatic hydroxyl groups is 1. The van der Waals surface area contributed by atoms with E-state index in [0.29, 0.717) is 28.7 Å². The summed E-state index contributed by atoms with van der Waals surface area (Å²) in [6.07, 6.45) is 1.97. The van der Waals surface area contributed by atoms with E-state index in [9.17, 15) is 9.90 Å². The van der Waals surface area contributed by atoms with Crippen molar-refractivity contribution in [2.45, 2.75) is 85.5 Å². The molecule has 0 aromatic heterocycles. The molecule has 1 unspecified atom stereocenters. The van der Waals surface area contributed by atoms with Crippen LogP contribution in [0.4, 0.5) is 0 Å². The maximum atomic E-state index is 13.6. The Morgan fingerprint density at radius 2 is 1.88 bits per heavy atom. The largest absolute Gasteiger partial charge is 0.507 e. The van der Waals surface area contributed by atoms with Gasteiger partial charge in [-0.2, -0.15) is 0 Å². The summed E-state index contributed by atoms with van der Waals surface area (Å²) in [6.45, 7) is 14.3. The summed E-state index contributed by atoms with van der Waals surface area (Å²) in [7, 11) is 0. The first kappa shape index (κ1) is 25.0. The van der Waals surface area contributed by atoms with Crippen LogP contribution in [0.3, 0.4) is 0 Å². The normalized spacial score (nSPS) is 22.8. The van der Waals surface area contributed by atoms with Crippen LogP contribution >= 0.6 is 15.9 Å². The average Bonchev–Trinajstić information content (AvgIpc) is 2.66. The summed E-state index contributed by atoms with van der Waals surface area (Å²) in [4.78, 5) is 13.6. The number of benzene rings is 2. The van der Waals surface area contributed by atoms with Gasteiger partial charge < -0.3 is 14.6 Å². The zero-order valence-corrected chi connectivity index (χ0v) is 22.0. The van der Waals surface area contributed by atoms with Gasteiger partial charge in [0.15, 0.2) is 6.10 Å². The van der Waals surface area contributed by atoms with Crippen LogP contribution in [-0.4, -0.2) is 22.8 Å². The summed E-state index contributed by atoms with van der Waals surface area (Å²) >= 11 is 3.48. The van der Waals surface area contributed by atoms with Crippen molar-refractivity contribution in [3.8, 4) is 5.75 Å². The standard InChI is InChI=1S/C27H37BrO4/c1-15(2)20-11-8-16(3)12-22(20)31-26(30)25(32-27(5,6)7)23-17(4)13-18-9-10-19(28)14-21(18)24(23)29/h9-10,13-16,20,22,25,29H,8,11-12H2,1-7H3/t16-,20?,22-,25+/m1/s1. The second kappa shape index (κ2) is 9.72. The summed E-state index contributed by atoms with van der Waals surface area (Å²) < 4.78 is 13.3. The molecule has 0 bridgehead atoms. The van der Waals surface area contributed by atoms with Gasteiger partial charge in [0.2, 0.25) is 0 Å². The molecule has 0 spiro atoms. The Kier molecular flexibility index (Phi) is 7.61. The van der Waals surface area contributed by atoms with Gasteiger partial charge in [0.25, 0.3) is 0 Å². The number of rotatable bonds is 5. The molecule has 5 heteroatoms. The van der Waals surface area contributed by atoms with Gasteiger partial charge in [-0.15, -0.1) is 0 Å². The van der Waals surface area contributed by atoms with Gasteiger partial charge >= 0.3 is 5.97 Å². The minimum Gasteiger partial charge on any atom is -0.507 e. The lowest BCUT2D eigenvalue weighted by molar-refractivity contribution is -0.179. The maximum Gasteiger partial charge on any atom is 0.340 e. The van der Waals surface area contributed by atoms with E-state index in [0.717, 1.165) is 34.7 Å². The number of carbonyl (C=O) groups excluding carboxylic acids is 1. The average molecular weight is 505 g/mol. The number of fused-ring (bicyclic) bond motifs is 1. The third-order valence-electron chi connectivity index (χ3n) is 6.50. The second-order valence-electron chi connectivity index (χ2n) is 10.7. The van der Waals surface area contributed by atoms with Crippen LogP contribution in [0.15, 0.2) is 28.7 Å². The summed E-state index contributed by atoms with van der Waals surface area (Å²) in [5.41, 5.74) is 0.702. The fraction of sp³-hybridized carbons (Fsp3) is 0.593. The van der Waals surface area contributed by atoms with E-state index in [1.165, 1.54) is 0 Å². The highest BCUT2D eigenvalue weighted by Crippen LogP contribution is 2.41. The molecule has 0 radical (unpaired) electrons. The second-order valence-corrected chi connectivity index (χ2v) is 11.6. The minimum atomic E-state index is -0.997. The SMILES string of the molecule is Cc1cc2ccc(Br)cc2c(O)c1[C@H](OC(C)(C)C)C(=O)O[C@@H]1C[C@H](C)CCC1C(C)C. The molecule has 1 fully saturated rings. The molecule has 2 aromatic carbocycles. The highest BCUT2D eigenvalue weighted by atomic mass is 79.9. The lowest BCUT2D eigenvalue weighted by Gasteiger charge is -2.38. The third-order valence-corrected chi connectivity index (χ3v) is 6.99. The highest BCUT2D eigenvalue weighted by molar-refractivity contribution is 9.10. The molecule has 176 valence electrons. The molecule has 0 heterocycles. The van der Waals surface area contributed by atoms with Crippen molar-refractivity contribution >= 4 is 32.7 Å². The lowest BCUT2D eigenvalue weighted by atomic mass is 9.75. The van der Waals surface area contributed by atoms with Crippen molar-refractivity contribution < 1.29 is 19.4 Å². The molecule has 1 aliphatic rings. The van der Waals surface area contributed by atoms with Gasteiger partial charge in [0.05, 0.1) is 5.60 Å². The molecule has 0 saturated heterocycles. The fourth-order valence-corrected chi connectivity index (χ4v) is 5.23. The van der Waals surface area contributed by atoms with Crippen LogP contribution in [0.2, 0.25) is 0 Å². The quantitative estimate of drug-likeness (QED) is 0.428. The molecule has 1 aliphatic carbocycles. The van der Waals surface area contributed by atoms with Crippen LogP contribution in [0.25, 0.3) is 10.8 Å². The Morgan fingerprint density at radius 3 is 2.50 bits per heavy atom. The van der Waals surface area contributed by atoms with Crippen molar-refractivity contribution in [1.82, 2.24) is 0 Å². The van der Waals surface area contributed by atoms with Gasteiger partial charge in [-0.05, 0) is 81.4 Å². The molecule has 1 N–H and O–H groups in total. The first-order chi connectivity index (χ1) is 14.9. The van der Waals surface area contributed by atoms with E-state index in [1.807, 2.05) is 52.0 Å². The monoisotopic (exact) mass is 504 g/mol. The molecule has 32 heavy (non-hydrogen) atoms. The first-order valence-corrected chi connectivity index (χ1v) is 12.5. The Balaban J connectivity index is 2.03. The van der Waals surface area contributed by atoms with E-state index in [2.05, 4.69) is 36.7 Å². The maximum absolute atomic E-state index is 13.6. The van der Waals surface area contributed by atoms with Crippen molar-refractivity contribution in [1.29, 1.82) is 0 Å². The molecule has 3 rings (SSSR count). The number of phenolic OH excluding ortho intramolecular Hbond substituents is 1. The van der Waals surface area contributed by atoms with Crippen molar-refractivity contribution in [2.24, 2.45) is 17.8 Å². The Labute approximate surface area is 200 Å². The molecule has 4 nitrogen and oxygen atoms in total. The molecule has 0 amide bonds. The van der Waals surface area contributed by atoms with E-state index >= 15 is 0 Å². The number of carbonyl (C=O) groups is 1. The number of hydrogen-bond acceptors (Lipinski definition) is 4. The van der Waals surface area contributed by atoms with Crippen LogP contribution in [0.5, 0.6) is 5.75 Å². The zero-order chi connectivity index (χ0) is 23.8. The fourth-order valence-electron chi connectivity index (χ4n) is 4.87. The van der Waals surface area contributed by atoms with E-state index in [-0.39, 0.29) is 11.9 Å². The molecule has 0 aliphatic heterocycles. The van der Waals surface area contributed by atoms with E-state index in [1.54, 1.807) is 0 Å². The Bertz CT molecular complexity index is 976. The van der Waals surface area contributed by atoms with Crippen LogP contribution in [0.1, 0.15) is 78.0 Å².